The van der Waals surface area contributed by atoms with Crippen LogP contribution in [0.2, 0.25) is 0 Å². The van der Waals surface area contributed by atoms with Crippen molar-refractivity contribution in [3.63, 3.8) is 0 Å². The number of carbonyl (C=O) groups is 3. The maximum absolute atomic E-state index is 12.5. The van der Waals surface area contributed by atoms with Crippen LogP contribution in [0.1, 0.15) is 42.5 Å². The van der Waals surface area contributed by atoms with Crippen molar-refractivity contribution in [1.82, 2.24) is 4.90 Å². The number of aliphatic carboxylic acids is 1. The van der Waals surface area contributed by atoms with Gasteiger partial charge in [0.2, 0.25) is 5.91 Å². The van der Waals surface area contributed by atoms with Crippen molar-refractivity contribution >= 4 is 23.5 Å². The molecule has 122 valence electrons. The number of piperidine rings is 1. The number of benzene rings is 1. The molecule has 1 aromatic carbocycles. The van der Waals surface area contributed by atoms with Gasteiger partial charge in [0.05, 0.1) is 0 Å². The molecule has 0 atom stereocenters. The van der Waals surface area contributed by atoms with Crippen LogP contribution in [-0.2, 0) is 9.59 Å². The number of carboxylic acid groups (broad SMARTS) is 1. The van der Waals surface area contributed by atoms with Gasteiger partial charge in [0, 0.05) is 24.3 Å². The molecule has 1 aromatic rings. The second-order valence-electron chi connectivity index (χ2n) is 6.28. The smallest absolute Gasteiger partial charge is 0.319 e. The molecule has 0 aromatic heterocycles. The van der Waals surface area contributed by atoms with Crippen LogP contribution in [0.3, 0.4) is 0 Å². The Morgan fingerprint density at radius 1 is 1.09 bits per heavy atom. The van der Waals surface area contributed by atoms with Crippen molar-refractivity contribution in [3.05, 3.63) is 29.8 Å². The van der Waals surface area contributed by atoms with Crippen LogP contribution in [0.4, 0.5) is 5.69 Å². The van der Waals surface area contributed by atoms with Crippen molar-refractivity contribution in [3.8, 4) is 0 Å². The van der Waals surface area contributed by atoms with E-state index in [9.17, 15) is 14.4 Å². The minimum absolute atomic E-state index is 0.0415. The third-order valence-corrected chi connectivity index (χ3v) is 4.60. The van der Waals surface area contributed by atoms with Gasteiger partial charge in [-0.05, 0) is 50.3 Å². The summed E-state index contributed by atoms with van der Waals surface area (Å²) in [7, 11) is 0. The summed E-state index contributed by atoms with van der Waals surface area (Å²) in [5.41, 5.74) is -0.303. The predicted octanol–water partition coefficient (Wildman–Crippen LogP) is 2.12. The normalized spacial score (nSPS) is 19.0. The Morgan fingerprint density at radius 3 is 2.39 bits per heavy atom. The molecule has 2 fully saturated rings. The Hall–Kier alpha value is -2.37. The molecule has 1 aliphatic carbocycles. The molecule has 2 aliphatic rings. The highest BCUT2D eigenvalue weighted by molar-refractivity contribution is 6.11. The van der Waals surface area contributed by atoms with Crippen LogP contribution in [0.25, 0.3) is 0 Å². The number of nitrogens with zero attached hydrogens (tertiary/aromatic N) is 1. The average molecular weight is 316 g/mol. The molecule has 0 spiro atoms. The van der Waals surface area contributed by atoms with E-state index >= 15 is 0 Å². The molecule has 1 heterocycles. The minimum Gasteiger partial charge on any atom is -0.480 e. The number of hydrogen-bond donors (Lipinski definition) is 2. The number of anilines is 1. The molecule has 0 radical (unpaired) electrons. The number of amides is 2. The maximum atomic E-state index is 12.5. The molecule has 1 aliphatic heterocycles. The van der Waals surface area contributed by atoms with Gasteiger partial charge in [-0.15, -0.1) is 0 Å². The summed E-state index contributed by atoms with van der Waals surface area (Å²) in [6.45, 7) is 1.52. The van der Waals surface area contributed by atoms with E-state index in [0.717, 1.165) is 32.4 Å². The molecular formula is C17H20N2O4. The highest BCUT2D eigenvalue weighted by Crippen LogP contribution is 2.46. The summed E-state index contributed by atoms with van der Waals surface area (Å²) in [4.78, 5) is 37.6. The lowest BCUT2D eigenvalue weighted by molar-refractivity contribution is -0.147. The first kappa shape index (κ1) is 15.5. The number of nitrogens with one attached hydrogen (secondary N) is 1. The van der Waals surface area contributed by atoms with E-state index < -0.39 is 17.3 Å². The second-order valence-corrected chi connectivity index (χ2v) is 6.28. The third kappa shape index (κ3) is 3.06. The van der Waals surface area contributed by atoms with Gasteiger partial charge in [0.1, 0.15) is 5.41 Å². The summed E-state index contributed by atoms with van der Waals surface area (Å²) in [6.07, 6.45) is 3.91. The Bertz CT molecular complexity index is 646. The SMILES string of the molecule is O=C(c1cccc(NC(=O)C2(C(=O)O)CC2)c1)N1CCCCC1. The molecule has 0 bridgehead atoms. The Labute approximate surface area is 134 Å². The van der Waals surface area contributed by atoms with Gasteiger partial charge < -0.3 is 15.3 Å². The molecule has 0 unspecified atom stereocenters. The van der Waals surface area contributed by atoms with E-state index in [0.29, 0.717) is 24.1 Å². The molecule has 1 saturated heterocycles. The van der Waals surface area contributed by atoms with Crippen molar-refractivity contribution in [2.24, 2.45) is 5.41 Å². The lowest BCUT2D eigenvalue weighted by Gasteiger charge is -2.26. The number of rotatable bonds is 4. The highest BCUT2D eigenvalue weighted by Gasteiger charge is 2.57. The van der Waals surface area contributed by atoms with E-state index in [1.165, 1.54) is 0 Å². The maximum Gasteiger partial charge on any atom is 0.319 e. The van der Waals surface area contributed by atoms with E-state index in [2.05, 4.69) is 5.32 Å². The fourth-order valence-corrected chi connectivity index (χ4v) is 2.92. The van der Waals surface area contributed by atoms with Crippen LogP contribution in [0, 0.1) is 5.41 Å². The van der Waals surface area contributed by atoms with E-state index in [4.69, 9.17) is 5.11 Å². The van der Waals surface area contributed by atoms with Crippen LogP contribution < -0.4 is 5.32 Å². The predicted molar refractivity (Wildman–Crippen MR) is 84.1 cm³/mol. The number of hydrogen-bond acceptors (Lipinski definition) is 3. The van der Waals surface area contributed by atoms with Gasteiger partial charge >= 0.3 is 5.97 Å². The Kier molecular flexibility index (Phi) is 4.07. The van der Waals surface area contributed by atoms with Gasteiger partial charge in [-0.3, -0.25) is 14.4 Å². The van der Waals surface area contributed by atoms with Crippen LogP contribution >= 0.6 is 0 Å². The first-order valence-corrected chi connectivity index (χ1v) is 7.97. The second kappa shape index (κ2) is 6.02. The number of carbonyl (C=O) groups excluding carboxylic acids is 2. The quantitative estimate of drug-likeness (QED) is 0.833. The average Bonchev–Trinajstić information content (AvgIpc) is 3.37. The van der Waals surface area contributed by atoms with Crippen LogP contribution in [0.15, 0.2) is 24.3 Å². The summed E-state index contributed by atoms with van der Waals surface area (Å²) < 4.78 is 0. The number of carboxylic acids is 1. The van der Waals surface area contributed by atoms with Crippen molar-refractivity contribution < 1.29 is 19.5 Å². The van der Waals surface area contributed by atoms with Crippen LogP contribution in [-0.4, -0.2) is 40.9 Å². The summed E-state index contributed by atoms with van der Waals surface area (Å²) in [5.74, 6) is -1.64. The Balaban J connectivity index is 1.71. The fraction of sp³-hybridized carbons (Fsp3) is 0.471. The first-order chi connectivity index (χ1) is 11.0. The highest BCUT2D eigenvalue weighted by atomic mass is 16.4. The topological polar surface area (TPSA) is 86.7 Å². The monoisotopic (exact) mass is 316 g/mol. The first-order valence-electron chi connectivity index (χ1n) is 7.97. The van der Waals surface area contributed by atoms with Gasteiger partial charge in [0.25, 0.3) is 5.91 Å². The zero-order valence-electron chi connectivity index (χ0n) is 12.9. The van der Waals surface area contributed by atoms with Crippen molar-refractivity contribution in [2.75, 3.05) is 18.4 Å². The summed E-state index contributed by atoms with van der Waals surface area (Å²) in [5, 5.41) is 11.8. The zero-order valence-corrected chi connectivity index (χ0v) is 12.9. The molecule has 2 N–H and O–H groups in total. The molecule has 6 nitrogen and oxygen atoms in total. The zero-order chi connectivity index (χ0) is 16.4. The summed E-state index contributed by atoms with van der Waals surface area (Å²) in [6, 6.07) is 6.71. The molecule has 6 heteroatoms. The fourth-order valence-electron chi connectivity index (χ4n) is 2.92. The van der Waals surface area contributed by atoms with Crippen molar-refractivity contribution in [2.45, 2.75) is 32.1 Å². The van der Waals surface area contributed by atoms with Gasteiger partial charge in [-0.25, -0.2) is 0 Å². The van der Waals surface area contributed by atoms with Gasteiger partial charge in [-0.1, -0.05) is 6.07 Å². The summed E-state index contributed by atoms with van der Waals surface area (Å²) >= 11 is 0. The Morgan fingerprint density at radius 2 is 1.78 bits per heavy atom. The lowest BCUT2D eigenvalue weighted by Crippen LogP contribution is -2.35. The van der Waals surface area contributed by atoms with Crippen LogP contribution in [0.5, 0.6) is 0 Å². The molecule has 2 amide bonds. The molecule has 23 heavy (non-hydrogen) atoms. The van der Waals surface area contributed by atoms with Crippen molar-refractivity contribution in [1.29, 1.82) is 0 Å². The van der Waals surface area contributed by atoms with Gasteiger partial charge in [-0.2, -0.15) is 0 Å². The largest absolute Gasteiger partial charge is 0.480 e. The minimum atomic E-state index is -1.28. The molecular weight excluding hydrogens is 296 g/mol. The third-order valence-electron chi connectivity index (χ3n) is 4.60. The van der Waals surface area contributed by atoms with E-state index in [1.54, 1.807) is 24.3 Å². The molecule has 3 rings (SSSR count). The van der Waals surface area contributed by atoms with E-state index in [-0.39, 0.29) is 5.91 Å². The van der Waals surface area contributed by atoms with E-state index in [1.807, 2.05) is 4.90 Å². The molecule has 1 saturated carbocycles. The number of likely N-dealkylation sites (tertiary alicyclic amines) is 1. The standard InChI is InChI=1S/C17H20N2O4/c20-14(19-9-2-1-3-10-19)12-5-4-6-13(11-12)18-15(21)17(7-8-17)16(22)23/h4-6,11H,1-3,7-10H2,(H,18,21)(H,22,23). The lowest BCUT2D eigenvalue weighted by atomic mass is 10.1. The van der Waals surface area contributed by atoms with Gasteiger partial charge in [0.15, 0.2) is 0 Å².